The molecule has 0 amide bonds. The summed E-state index contributed by atoms with van der Waals surface area (Å²) in [4.78, 5) is 0. The molecule has 2 unspecified atom stereocenters. The normalized spacial score (nSPS) is 21.9. The van der Waals surface area contributed by atoms with Gasteiger partial charge in [0, 0.05) is 23.5 Å². The summed E-state index contributed by atoms with van der Waals surface area (Å²) in [6.45, 7) is 4.49. The summed E-state index contributed by atoms with van der Waals surface area (Å²) in [5, 5.41) is 7.37. The Hall–Kier alpha value is -2.48. The van der Waals surface area contributed by atoms with Crippen molar-refractivity contribution in [1.29, 1.82) is 0 Å². The first-order valence-electron chi connectivity index (χ1n) is 11.2. The lowest BCUT2D eigenvalue weighted by Gasteiger charge is -2.22. The Morgan fingerprint density at radius 1 is 0.724 bits per heavy atom. The molecule has 0 saturated heterocycles. The third-order valence-corrected chi connectivity index (χ3v) is 6.14. The average Bonchev–Trinajstić information content (AvgIpc) is 2.70. The van der Waals surface area contributed by atoms with E-state index in [1.165, 1.54) is 72.2 Å². The number of hydrogen-bond donors (Lipinski definition) is 2. The largest absolute Gasteiger partial charge is 0.379 e. The molecule has 29 heavy (non-hydrogen) atoms. The zero-order chi connectivity index (χ0) is 20.1. The van der Waals surface area contributed by atoms with Crippen LogP contribution in [-0.2, 0) is 6.42 Å². The van der Waals surface area contributed by atoms with Gasteiger partial charge < -0.3 is 10.6 Å². The average molecular weight is 387 g/mol. The maximum absolute atomic E-state index is 3.70. The number of anilines is 2. The highest BCUT2D eigenvalue weighted by Gasteiger charge is 2.12. The number of nitrogens with one attached hydrogen (secondary N) is 2. The molecule has 0 fully saturated rings. The van der Waals surface area contributed by atoms with E-state index in [-0.39, 0.29) is 0 Å². The fourth-order valence-corrected chi connectivity index (χ4v) is 4.60. The van der Waals surface area contributed by atoms with E-state index in [0.717, 1.165) is 6.42 Å². The molecular formula is C27H34N2. The SMILES string of the molecule is CC1=CC(Nc2ccc(Cc3cccc(NC4C=C(C)CCC4)c3)cc2)CCC1. The van der Waals surface area contributed by atoms with Gasteiger partial charge in [0.15, 0.2) is 0 Å². The minimum absolute atomic E-state index is 0.474. The van der Waals surface area contributed by atoms with Gasteiger partial charge in [-0.3, -0.25) is 0 Å². The van der Waals surface area contributed by atoms with Crippen LogP contribution >= 0.6 is 0 Å². The first kappa shape index (κ1) is 19.8. The van der Waals surface area contributed by atoms with Crippen LogP contribution in [0.5, 0.6) is 0 Å². The molecule has 2 aliphatic rings. The molecular weight excluding hydrogens is 352 g/mol. The maximum atomic E-state index is 3.70. The van der Waals surface area contributed by atoms with Crippen LogP contribution in [0.3, 0.4) is 0 Å². The second kappa shape index (κ2) is 9.35. The Kier molecular flexibility index (Phi) is 6.39. The lowest BCUT2D eigenvalue weighted by atomic mass is 9.96. The van der Waals surface area contributed by atoms with Crippen LogP contribution < -0.4 is 10.6 Å². The topological polar surface area (TPSA) is 24.1 Å². The second-order valence-corrected chi connectivity index (χ2v) is 8.89. The highest BCUT2D eigenvalue weighted by Crippen LogP contribution is 2.24. The summed E-state index contributed by atoms with van der Waals surface area (Å²) in [6, 6.07) is 18.8. The Morgan fingerprint density at radius 3 is 1.97 bits per heavy atom. The van der Waals surface area contributed by atoms with Gasteiger partial charge in [0.05, 0.1) is 0 Å². The summed E-state index contributed by atoms with van der Waals surface area (Å²) in [6.07, 6.45) is 13.3. The number of rotatable bonds is 6. The van der Waals surface area contributed by atoms with Crippen LogP contribution in [0.15, 0.2) is 71.8 Å². The predicted octanol–water partition coefficient (Wildman–Crippen LogP) is 7.10. The van der Waals surface area contributed by atoms with Crippen molar-refractivity contribution in [2.24, 2.45) is 0 Å². The van der Waals surface area contributed by atoms with E-state index in [2.05, 4.69) is 85.2 Å². The van der Waals surface area contributed by atoms with Crippen molar-refractivity contribution in [3.8, 4) is 0 Å². The Bertz CT molecular complexity index is 876. The molecule has 2 aromatic carbocycles. The van der Waals surface area contributed by atoms with E-state index in [9.17, 15) is 0 Å². The second-order valence-electron chi connectivity index (χ2n) is 8.89. The quantitative estimate of drug-likeness (QED) is 0.517. The smallest absolute Gasteiger partial charge is 0.0447 e. The van der Waals surface area contributed by atoms with Crippen LogP contribution in [0.4, 0.5) is 11.4 Å². The fourth-order valence-electron chi connectivity index (χ4n) is 4.60. The minimum atomic E-state index is 0.474. The van der Waals surface area contributed by atoms with Crippen molar-refractivity contribution >= 4 is 11.4 Å². The molecule has 2 N–H and O–H groups in total. The molecule has 4 rings (SSSR count). The van der Waals surface area contributed by atoms with Crippen LogP contribution in [0.2, 0.25) is 0 Å². The first-order chi connectivity index (χ1) is 14.1. The summed E-state index contributed by atoms with van der Waals surface area (Å²) in [5.74, 6) is 0. The number of allylic oxidation sites excluding steroid dienone is 2. The molecule has 2 aromatic rings. The predicted molar refractivity (Wildman–Crippen MR) is 126 cm³/mol. The monoisotopic (exact) mass is 386 g/mol. The molecule has 2 atom stereocenters. The van der Waals surface area contributed by atoms with Gasteiger partial charge in [0.2, 0.25) is 0 Å². The van der Waals surface area contributed by atoms with Crippen molar-refractivity contribution in [1.82, 2.24) is 0 Å². The van der Waals surface area contributed by atoms with Crippen molar-refractivity contribution < 1.29 is 0 Å². The fraction of sp³-hybridized carbons (Fsp3) is 0.407. The third kappa shape index (κ3) is 5.76. The zero-order valence-electron chi connectivity index (χ0n) is 17.9. The Balaban J connectivity index is 1.36. The summed E-state index contributed by atoms with van der Waals surface area (Å²) in [5.41, 5.74) is 8.19. The molecule has 0 heterocycles. The third-order valence-electron chi connectivity index (χ3n) is 6.14. The molecule has 2 nitrogen and oxygen atoms in total. The van der Waals surface area contributed by atoms with Crippen molar-refractivity contribution in [2.45, 2.75) is 70.9 Å². The van der Waals surface area contributed by atoms with E-state index in [1.807, 2.05) is 0 Å². The van der Waals surface area contributed by atoms with Crippen molar-refractivity contribution in [2.75, 3.05) is 10.6 Å². The standard InChI is InChI=1S/C27H34N2/c1-20-6-3-9-25(16-20)28-24-14-12-22(13-15-24)18-23-8-5-11-27(19-23)29-26-10-4-7-21(2)17-26/h5,8,11-17,19,25-26,28-29H,3-4,6-7,9-10,18H2,1-2H3. The summed E-state index contributed by atoms with van der Waals surface area (Å²) >= 11 is 0. The Morgan fingerprint density at radius 2 is 1.34 bits per heavy atom. The molecule has 0 aliphatic heterocycles. The van der Waals surface area contributed by atoms with E-state index in [4.69, 9.17) is 0 Å². The van der Waals surface area contributed by atoms with Gasteiger partial charge in [-0.2, -0.15) is 0 Å². The molecule has 0 radical (unpaired) electrons. The van der Waals surface area contributed by atoms with Crippen LogP contribution in [0.25, 0.3) is 0 Å². The van der Waals surface area contributed by atoms with Gasteiger partial charge in [-0.25, -0.2) is 0 Å². The van der Waals surface area contributed by atoms with E-state index >= 15 is 0 Å². The molecule has 152 valence electrons. The van der Waals surface area contributed by atoms with Crippen molar-refractivity contribution in [3.63, 3.8) is 0 Å². The van der Waals surface area contributed by atoms with Crippen LogP contribution in [0.1, 0.15) is 63.5 Å². The highest BCUT2D eigenvalue weighted by atomic mass is 14.9. The Labute approximate surface area is 176 Å². The van der Waals surface area contributed by atoms with E-state index in [0.29, 0.717) is 12.1 Å². The maximum Gasteiger partial charge on any atom is 0.0447 e. The summed E-state index contributed by atoms with van der Waals surface area (Å²) < 4.78 is 0. The molecule has 0 bridgehead atoms. The molecule has 2 aliphatic carbocycles. The van der Waals surface area contributed by atoms with Gasteiger partial charge in [0.1, 0.15) is 0 Å². The lowest BCUT2D eigenvalue weighted by molar-refractivity contribution is 0.651. The van der Waals surface area contributed by atoms with Crippen LogP contribution in [-0.4, -0.2) is 12.1 Å². The van der Waals surface area contributed by atoms with Crippen molar-refractivity contribution in [3.05, 3.63) is 83.0 Å². The highest BCUT2D eigenvalue weighted by molar-refractivity contribution is 5.50. The summed E-state index contributed by atoms with van der Waals surface area (Å²) in [7, 11) is 0. The molecule has 2 heteroatoms. The van der Waals surface area contributed by atoms with Gasteiger partial charge in [-0.05, 0) is 94.2 Å². The van der Waals surface area contributed by atoms with E-state index in [1.54, 1.807) is 0 Å². The van der Waals surface area contributed by atoms with Gasteiger partial charge in [-0.15, -0.1) is 0 Å². The van der Waals surface area contributed by atoms with E-state index < -0.39 is 0 Å². The lowest BCUT2D eigenvalue weighted by Crippen LogP contribution is -2.20. The molecule has 0 aromatic heterocycles. The van der Waals surface area contributed by atoms with Gasteiger partial charge in [0.25, 0.3) is 0 Å². The van der Waals surface area contributed by atoms with Crippen LogP contribution in [0, 0.1) is 0 Å². The zero-order valence-corrected chi connectivity index (χ0v) is 17.9. The number of hydrogen-bond acceptors (Lipinski definition) is 2. The number of benzene rings is 2. The van der Waals surface area contributed by atoms with Gasteiger partial charge >= 0.3 is 0 Å². The minimum Gasteiger partial charge on any atom is -0.379 e. The first-order valence-corrected chi connectivity index (χ1v) is 11.2. The molecule has 0 saturated carbocycles. The van der Waals surface area contributed by atoms with Gasteiger partial charge in [-0.1, -0.05) is 47.6 Å². The molecule has 0 spiro atoms.